The molecular formula is C16H22N2O3. The first-order valence-electron chi connectivity index (χ1n) is 7.28. The van der Waals surface area contributed by atoms with Crippen LogP contribution in [0.2, 0.25) is 0 Å². The summed E-state index contributed by atoms with van der Waals surface area (Å²) in [5, 5.41) is 0. The zero-order valence-corrected chi connectivity index (χ0v) is 12.7. The number of Topliss-reactive ketones (excluding diaryl/α,β-unsaturated/α-hetero) is 1. The number of carbonyl (C=O) groups excluding carboxylic acids is 2. The Hall–Kier alpha value is -1.88. The molecule has 0 saturated carbocycles. The standard InChI is InChI=1S/C16H22N2O3/c1-13(19)15-4-3-5-16(12-15)21-11-10-17-6-8-18(9-7-17)14(2)20/h3-5,12H,6-11H2,1-2H3. The fourth-order valence-electron chi connectivity index (χ4n) is 2.38. The van der Waals surface area contributed by atoms with Gasteiger partial charge in [0.15, 0.2) is 5.78 Å². The van der Waals surface area contributed by atoms with Crippen LogP contribution in [-0.4, -0.2) is 60.8 Å². The van der Waals surface area contributed by atoms with Crippen molar-refractivity contribution >= 4 is 11.7 Å². The number of piperazine rings is 1. The molecule has 0 atom stereocenters. The Kier molecular flexibility index (Phi) is 5.33. The third-order valence-corrected chi connectivity index (χ3v) is 3.73. The molecule has 0 N–H and O–H groups in total. The molecule has 1 heterocycles. The van der Waals surface area contributed by atoms with Crippen LogP contribution in [0.15, 0.2) is 24.3 Å². The van der Waals surface area contributed by atoms with Crippen molar-refractivity contribution in [2.45, 2.75) is 13.8 Å². The van der Waals surface area contributed by atoms with Crippen molar-refractivity contribution in [2.75, 3.05) is 39.3 Å². The van der Waals surface area contributed by atoms with Gasteiger partial charge in [0.1, 0.15) is 12.4 Å². The van der Waals surface area contributed by atoms with Gasteiger partial charge < -0.3 is 9.64 Å². The minimum atomic E-state index is 0.0424. The maximum atomic E-state index is 11.3. The molecule has 1 aliphatic heterocycles. The molecule has 0 bridgehead atoms. The molecule has 1 amide bonds. The molecule has 0 aromatic heterocycles. The number of hydrogen-bond acceptors (Lipinski definition) is 4. The van der Waals surface area contributed by atoms with E-state index in [1.54, 1.807) is 26.0 Å². The van der Waals surface area contributed by atoms with Gasteiger partial charge in [-0.1, -0.05) is 12.1 Å². The summed E-state index contributed by atoms with van der Waals surface area (Å²) >= 11 is 0. The van der Waals surface area contributed by atoms with Gasteiger partial charge >= 0.3 is 0 Å². The Bertz CT molecular complexity index is 508. The predicted molar refractivity (Wildman–Crippen MR) is 80.6 cm³/mol. The van der Waals surface area contributed by atoms with Gasteiger partial charge in [-0.05, 0) is 19.1 Å². The molecule has 1 saturated heterocycles. The molecule has 0 spiro atoms. The van der Waals surface area contributed by atoms with Crippen LogP contribution >= 0.6 is 0 Å². The van der Waals surface area contributed by atoms with E-state index in [0.717, 1.165) is 38.5 Å². The minimum absolute atomic E-state index is 0.0424. The number of ether oxygens (including phenoxy) is 1. The maximum Gasteiger partial charge on any atom is 0.219 e. The monoisotopic (exact) mass is 290 g/mol. The second kappa shape index (κ2) is 7.22. The minimum Gasteiger partial charge on any atom is -0.492 e. The fourth-order valence-corrected chi connectivity index (χ4v) is 2.38. The van der Waals surface area contributed by atoms with Crippen LogP contribution in [-0.2, 0) is 4.79 Å². The molecular weight excluding hydrogens is 268 g/mol. The molecule has 5 nitrogen and oxygen atoms in total. The Morgan fingerprint density at radius 2 is 1.86 bits per heavy atom. The number of amides is 1. The van der Waals surface area contributed by atoms with Crippen molar-refractivity contribution in [3.63, 3.8) is 0 Å². The molecule has 1 aromatic rings. The van der Waals surface area contributed by atoms with E-state index in [1.807, 2.05) is 17.0 Å². The zero-order chi connectivity index (χ0) is 15.2. The fraction of sp³-hybridized carbons (Fsp3) is 0.500. The molecule has 1 fully saturated rings. The summed E-state index contributed by atoms with van der Waals surface area (Å²) in [6.07, 6.45) is 0. The smallest absolute Gasteiger partial charge is 0.219 e. The molecule has 0 unspecified atom stereocenters. The number of hydrogen-bond donors (Lipinski definition) is 0. The summed E-state index contributed by atoms with van der Waals surface area (Å²) < 4.78 is 5.70. The highest BCUT2D eigenvalue weighted by atomic mass is 16.5. The lowest BCUT2D eigenvalue weighted by molar-refractivity contribution is -0.130. The second-order valence-electron chi connectivity index (χ2n) is 5.28. The molecule has 5 heteroatoms. The topological polar surface area (TPSA) is 49.9 Å². The van der Waals surface area contributed by atoms with E-state index in [-0.39, 0.29) is 11.7 Å². The van der Waals surface area contributed by atoms with Crippen molar-refractivity contribution in [2.24, 2.45) is 0 Å². The van der Waals surface area contributed by atoms with Gasteiger partial charge in [-0.15, -0.1) is 0 Å². The number of ketones is 1. The molecule has 21 heavy (non-hydrogen) atoms. The molecule has 114 valence electrons. The Morgan fingerprint density at radius 3 is 2.48 bits per heavy atom. The van der Waals surface area contributed by atoms with Crippen LogP contribution in [0.5, 0.6) is 5.75 Å². The first-order valence-corrected chi connectivity index (χ1v) is 7.28. The molecule has 2 rings (SSSR count). The van der Waals surface area contributed by atoms with Crippen LogP contribution in [0.3, 0.4) is 0 Å². The van der Waals surface area contributed by atoms with Gasteiger partial charge in [-0.25, -0.2) is 0 Å². The lowest BCUT2D eigenvalue weighted by Gasteiger charge is -2.34. The predicted octanol–water partition coefficient (Wildman–Crippen LogP) is 1.43. The first-order chi connectivity index (χ1) is 10.1. The summed E-state index contributed by atoms with van der Waals surface area (Å²) in [7, 11) is 0. The largest absolute Gasteiger partial charge is 0.492 e. The summed E-state index contributed by atoms with van der Waals surface area (Å²) in [6.45, 7) is 7.92. The van der Waals surface area contributed by atoms with E-state index in [1.165, 1.54) is 0 Å². The Balaban J connectivity index is 1.74. The lowest BCUT2D eigenvalue weighted by atomic mass is 10.1. The average molecular weight is 290 g/mol. The summed E-state index contributed by atoms with van der Waals surface area (Å²) in [5.74, 6) is 0.915. The number of nitrogens with zero attached hydrogens (tertiary/aromatic N) is 2. The third-order valence-electron chi connectivity index (χ3n) is 3.73. The van der Waals surface area contributed by atoms with Gasteiger partial charge in [0.05, 0.1) is 0 Å². The average Bonchev–Trinajstić information content (AvgIpc) is 2.48. The van der Waals surface area contributed by atoms with Crippen LogP contribution < -0.4 is 4.74 Å². The van der Waals surface area contributed by atoms with E-state index < -0.39 is 0 Å². The normalized spacial score (nSPS) is 15.8. The molecule has 0 radical (unpaired) electrons. The summed E-state index contributed by atoms with van der Waals surface area (Å²) in [4.78, 5) is 26.7. The van der Waals surface area contributed by atoms with Gasteiger partial charge in [-0.2, -0.15) is 0 Å². The Morgan fingerprint density at radius 1 is 1.14 bits per heavy atom. The van der Waals surface area contributed by atoms with Crippen molar-refractivity contribution < 1.29 is 14.3 Å². The summed E-state index contributed by atoms with van der Waals surface area (Å²) in [6, 6.07) is 7.25. The highest BCUT2D eigenvalue weighted by Crippen LogP contribution is 2.13. The first kappa shape index (κ1) is 15.5. The quantitative estimate of drug-likeness (QED) is 0.770. The van der Waals surface area contributed by atoms with Crippen molar-refractivity contribution in [3.8, 4) is 5.75 Å². The van der Waals surface area contributed by atoms with Gasteiger partial charge in [0, 0.05) is 45.2 Å². The van der Waals surface area contributed by atoms with E-state index in [9.17, 15) is 9.59 Å². The highest BCUT2D eigenvalue weighted by molar-refractivity contribution is 5.94. The second-order valence-corrected chi connectivity index (χ2v) is 5.28. The van der Waals surface area contributed by atoms with Gasteiger partial charge in [0.2, 0.25) is 5.91 Å². The van der Waals surface area contributed by atoms with Crippen molar-refractivity contribution in [3.05, 3.63) is 29.8 Å². The molecule has 1 aliphatic rings. The maximum absolute atomic E-state index is 11.3. The van der Waals surface area contributed by atoms with Crippen LogP contribution in [0.1, 0.15) is 24.2 Å². The molecule has 1 aromatic carbocycles. The third kappa shape index (κ3) is 4.56. The van der Waals surface area contributed by atoms with Crippen LogP contribution in [0.25, 0.3) is 0 Å². The van der Waals surface area contributed by atoms with Gasteiger partial charge in [0.25, 0.3) is 0 Å². The number of rotatable bonds is 5. The SMILES string of the molecule is CC(=O)c1cccc(OCCN2CCN(C(C)=O)CC2)c1. The number of carbonyl (C=O) groups is 2. The van der Waals surface area contributed by atoms with E-state index in [0.29, 0.717) is 12.2 Å². The highest BCUT2D eigenvalue weighted by Gasteiger charge is 2.18. The van der Waals surface area contributed by atoms with Crippen molar-refractivity contribution in [1.82, 2.24) is 9.80 Å². The Labute approximate surface area is 125 Å². The van der Waals surface area contributed by atoms with E-state index in [4.69, 9.17) is 4.74 Å². The van der Waals surface area contributed by atoms with Crippen LogP contribution in [0.4, 0.5) is 0 Å². The van der Waals surface area contributed by atoms with Gasteiger partial charge in [-0.3, -0.25) is 14.5 Å². The number of benzene rings is 1. The molecule has 0 aliphatic carbocycles. The van der Waals surface area contributed by atoms with E-state index >= 15 is 0 Å². The van der Waals surface area contributed by atoms with Crippen molar-refractivity contribution in [1.29, 1.82) is 0 Å². The summed E-state index contributed by atoms with van der Waals surface area (Å²) in [5.41, 5.74) is 0.669. The van der Waals surface area contributed by atoms with E-state index in [2.05, 4.69) is 4.90 Å². The zero-order valence-electron chi connectivity index (χ0n) is 12.7. The van der Waals surface area contributed by atoms with Crippen LogP contribution in [0, 0.1) is 0 Å². The lowest BCUT2D eigenvalue weighted by Crippen LogP contribution is -2.48.